The quantitative estimate of drug-likeness (QED) is 0.432. The molecule has 1 amide bonds. The molecule has 4 rings (SSSR count). The summed E-state index contributed by atoms with van der Waals surface area (Å²) in [6, 6.07) is 12.2. The van der Waals surface area contributed by atoms with Crippen LogP contribution in [-0.4, -0.2) is 17.7 Å². The van der Waals surface area contributed by atoms with E-state index in [9.17, 15) is 4.79 Å². The molecule has 5 nitrogen and oxygen atoms in total. The van der Waals surface area contributed by atoms with E-state index in [-0.39, 0.29) is 22.4 Å². The number of hydrogen-bond donors (Lipinski definition) is 1. The molecule has 0 saturated heterocycles. The van der Waals surface area contributed by atoms with E-state index in [1.807, 2.05) is 32.0 Å². The highest BCUT2D eigenvalue weighted by Crippen LogP contribution is 2.41. The van der Waals surface area contributed by atoms with E-state index in [0.29, 0.717) is 17.3 Å². The van der Waals surface area contributed by atoms with Crippen molar-refractivity contribution in [3.8, 4) is 22.6 Å². The van der Waals surface area contributed by atoms with Gasteiger partial charge in [0, 0.05) is 21.8 Å². The molecule has 1 N–H and O–H groups in total. The SMILES string of the molecule is CC.O=C(Nc1ccc(-c2cc3c(cc2Br)OCO3)cn1)c1c(Cl)cccc1Cl. The van der Waals surface area contributed by atoms with E-state index in [4.69, 9.17) is 32.7 Å². The van der Waals surface area contributed by atoms with Gasteiger partial charge >= 0.3 is 0 Å². The molecule has 0 aliphatic carbocycles. The number of anilines is 1. The molecule has 29 heavy (non-hydrogen) atoms. The molecule has 2 aromatic carbocycles. The van der Waals surface area contributed by atoms with Crippen molar-refractivity contribution in [2.75, 3.05) is 12.1 Å². The van der Waals surface area contributed by atoms with Crippen molar-refractivity contribution in [3.63, 3.8) is 0 Å². The number of halogens is 3. The van der Waals surface area contributed by atoms with Gasteiger partial charge in [0.15, 0.2) is 11.5 Å². The number of hydrogen-bond acceptors (Lipinski definition) is 4. The Bertz CT molecular complexity index is 1020. The predicted octanol–water partition coefficient (Wildman–Crippen LogP) is 6.83. The molecule has 1 aromatic heterocycles. The van der Waals surface area contributed by atoms with Crippen molar-refractivity contribution in [1.29, 1.82) is 0 Å². The van der Waals surface area contributed by atoms with Gasteiger partial charge in [-0.1, -0.05) is 59.0 Å². The molecule has 0 saturated carbocycles. The minimum Gasteiger partial charge on any atom is -0.454 e. The molecule has 1 aliphatic rings. The first-order chi connectivity index (χ1) is 14.0. The van der Waals surface area contributed by atoms with Gasteiger partial charge in [-0.3, -0.25) is 4.79 Å². The van der Waals surface area contributed by atoms with Crippen LogP contribution in [0.5, 0.6) is 11.5 Å². The van der Waals surface area contributed by atoms with Gasteiger partial charge < -0.3 is 14.8 Å². The van der Waals surface area contributed by atoms with Crippen LogP contribution in [0.4, 0.5) is 5.82 Å². The maximum atomic E-state index is 12.4. The third kappa shape index (κ3) is 4.66. The summed E-state index contributed by atoms with van der Waals surface area (Å²) in [7, 11) is 0. The van der Waals surface area contributed by atoms with Crippen LogP contribution in [-0.2, 0) is 0 Å². The number of rotatable bonds is 3. The van der Waals surface area contributed by atoms with Gasteiger partial charge in [0.2, 0.25) is 6.79 Å². The lowest BCUT2D eigenvalue weighted by molar-refractivity contribution is 0.102. The minimum absolute atomic E-state index is 0.207. The van der Waals surface area contributed by atoms with Crippen molar-refractivity contribution in [2.45, 2.75) is 13.8 Å². The molecule has 0 radical (unpaired) electrons. The number of benzene rings is 2. The Hall–Kier alpha value is -2.28. The van der Waals surface area contributed by atoms with Crippen LogP contribution in [0.1, 0.15) is 24.2 Å². The third-order valence-corrected chi connectivity index (χ3v) is 5.25. The molecule has 8 heteroatoms. The van der Waals surface area contributed by atoms with Crippen LogP contribution < -0.4 is 14.8 Å². The number of carbonyl (C=O) groups is 1. The van der Waals surface area contributed by atoms with Gasteiger partial charge in [-0.25, -0.2) is 4.98 Å². The summed E-state index contributed by atoms with van der Waals surface area (Å²) in [5, 5.41) is 3.26. The second kappa shape index (κ2) is 9.48. The molecule has 0 spiro atoms. The summed E-state index contributed by atoms with van der Waals surface area (Å²) >= 11 is 15.7. The molecular formula is C21H17BrCl2N2O3. The highest BCUT2D eigenvalue weighted by Gasteiger charge is 2.18. The summed E-state index contributed by atoms with van der Waals surface area (Å²) in [6.45, 7) is 4.21. The van der Waals surface area contributed by atoms with Gasteiger partial charge in [-0.05, 0) is 36.4 Å². The van der Waals surface area contributed by atoms with Crippen LogP contribution in [0.2, 0.25) is 10.0 Å². The minimum atomic E-state index is -0.421. The zero-order chi connectivity index (χ0) is 21.0. The van der Waals surface area contributed by atoms with Crippen LogP contribution in [0.15, 0.2) is 53.1 Å². The summed E-state index contributed by atoms with van der Waals surface area (Å²) in [5.41, 5.74) is 1.97. The summed E-state index contributed by atoms with van der Waals surface area (Å²) in [6.07, 6.45) is 1.66. The standard InChI is InChI=1S/C19H11BrCl2N2O3.C2H6/c20-12-7-16-15(26-9-27-16)6-11(12)10-4-5-17(23-8-10)24-19(25)18-13(21)2-1-3-14(18)22;1-2/h1-8H,9H2,(H,23,24,25);1-2H3. The molecule has 0 fully saturated rings. The molecule has 2 heterocycles. The number of nitrogens with one attached hydrogen (secondary N) is 1. The Balaban J connectivity index is 0.00000117. The van der Waals surface area contributed by atoms with Crippen molar-refractivity contribution < 1.29 is 14.3 Å². The number of aromatic nitrogens is 1. The normalized spacial score (nSPS) is 11.5. The summed E-state index contributed by atoms with van der Waals surface area (Å²) < 4.78 is 11.6. The largest absolute Gasteiger partial charge is 0.454 e. The van der Waals surface area contributed by atoms with Crippen LogP contribution in [0.25, 0.3) is 11.1 Å². The van der Waals surface area contributed by atoms with Crippen molar-refractivity contribution in [1.82, 2.24) is 4.98 Å². The lowest BCUT2D eigenvalue weighted by Gasteiger charge is -2.09. The number of carbonyl (C=O) groups excluding carboxylic acids is 1. The van der Waals surface area contributed by atoms with Gasteiger partial charge in [-0.2, -0.15) is 0 Å². The molecule has 0 unspecified atom stereocenters. The molecule has 0 bridgehead atoms. The van der Waals surface area contributed by atoms with E-state index < -0.39 is 5.91 Å². The lowest BCUT2D eigenvalue weighted by Crippen LogP contribution is -2.14. The van der Waals surface area contributed by atoms with E-state index in [0.717, 1.165) is 15.6 Å². The fraction of sp³-hybridized carbons (Fsp3) is 0.143. The van der Waals surface area contributed by atoms with Gasteiger partial charge in [0.25, 0.3) is 5.91 Å². The van der Waals surface area contributed by atoms with E-state index in [1.54, 1.807) is 30.5 Å². The fourth-order valence-corrected chi connectivity index (χ4v) is 3.78. The third-order valence-electron chi connectivity index (χ3n) is 3.97. The average Bonchev–Trinajstić information content (AvgIpc) is 3.16. The number of nitrogens with zero attached hydrogens (tertiary/aromatic N) is 1. The van der Waals surface area contributed by atoms with E-state index in [2.05, 4.69) is 26.2 Å². The molecule has 150 valence electrons. The Kier molecular flexibility index (Phi) is 7.00. The zero-order valence-electron chi connectivity index (χ0n) is 15.6. The number of fused-ring (bicyclic) bond motifs is 1. The first-order valence-electron chi connectivity index (χ1n) is 8.84. The monoisotopic (exact) mass is 494 g/mol. The molecule has 0 atom stereocenters. The van der Waals surface area contributed by atoms with Crippen molar-refractivity contribution in [2.24, 2.45) is 0 Å². The second-order valence-corrected chi connectivity index (χ2v) is 7.34. The Morgan fingerprint density at radius 3 is 2.34 bits per heavy atom. The van der Waals surface area contributed by atoms with Crippen LogP contribution in [0, 0.1) is 0 Å². The molecular weight excluding hydrogens is 479 g/mol. The number of pyridine rings is 1. The van der Waals surface area contributed by atoms with Crippen molar-refractivity contribution in [3.05, 3.63) is 68.7 Å². The number of ether oxygens (including phenoxy) is 2. The smallest absolute Gasteiger partial charge is 0.259 e. The van der Waals surface area contributed by atoms with Crippen LogP contribution >= 0.6 is 39.1 Å². The lowest BCUT2D eigenvalue weighted by atomic mass is 10.1. The fourth-order valence-electron chi connectivity index (χ4n) is 2.66. The van der Waals surface area contributed by atoms with Gasteiger partial charge in [0.05, 0.1) is 15.6 Å². The number of amides is 1. The van der Waals surface area contributed by atoms with E-state index in [1.165, 1.54) is 0 Å². The summed E-state index contributed by atoms with van der Waals surface area (Å²) in [4.78, 5) is 16.7. The summed E-state index contributed by atoms with van der Waals surface area (Å²) in [5.74, 6) is 1.34. The van der Waals surface area contributed by atoms with E-state index >= 15 is 0 Å². The van der Waals surface area contributed by atoms with Crippen molar-refractivity contribution >= 4 is 50.9 Å². The van der Waals surface area contributed by atoms with Gasteiger partial charge in [-0.15, -0.1) is 0 Å². The maximum Gasteiger partial charge on any atom is 0.259 e. The molecule has 3 aromatic rings. The van der Waals surface area contributed by atoms with Gasteiger partial charge in [0.1, 0.15) is 5.82 Å². The molecule has 1 aliphatic heterocycles. The average molecular weight is 496 g/mol. The zero-order valence-corrected chi connectivity index (χ0v) is 18.7. The maximum absolute atomic E-state index is 12.4. The second-order valence-electron chi connectivity index (χ2n) is 5.67. The Labute approximate surface area is 187 Å². The van der Waals surface area contributed by atoms with Crippen LogP contribution in [0.3, 0.4) is 0 Å². The first kappa shape index (κ1) is 21.4. The highest BCUT2D eigenvalue weighted by atomic mass is 79.9. The predicted molar refractivity (Wildman–Crippen MR) is 119 cm³/mol. The first-order valence-corrected chi connectivity index (χ1v) is 10.4. The topological polar surface area (TPSA) is 60.5 Å². The Morgan fingerprint density at radius 1 is 1.07 bits per heavy atom. The Morgan fingerprint density at radius 2 is 1.72 bits per heavy atom. The highest BCUT2D eigenvalue weighted by molar-refractivity contribution is 9.10.